The fourth-order valence-electron chi connectivity index (χ4n) is 4.54. The fourth-order valence-corrected chi connectivity index (χ4v) is 4.54. The van der Waals surface area contributed by atoms with Gasteiger partial charge in [-0.2, -0.15) is 0 Å². The van der Waals surface area contributed by atoms with Gasteiger partial charge < -0.3 is 23.9 Å². The predicted octanol–water partition coefficient (Wildman–Crippen LogP) is 5.52. The van der Waals surface area contributed by atoms with Gasteiger partial charge in [-0.1, -0.05) is 18.2 Å². The Morgan fingerprint density at radius 1 is 1.05 bits per heavy atom. The number of rotatable bonds is 7. The lowest BCUT2D eigenvalue weighted by Gasteiger charge is -2.22. The van der Waals surface area contributed by atoms with Gasteiger partial charge in [-0.05, 0) is 66.8 Å². The number of fused-ring (bicyclic) bond motifs is 2. The first-order valence-electron chi connectivity index (χ1n) is 11.9. The molecule has 37 heavy (non-hydrogen) atoms. The lowest BCUT2D eigenvalue weighted by Crippen LogP contribution is -2.22. The van der Waals surface area contributed by atoms with E-state index in [1.165, 1.54) is 7.11 Å². The van der Waals surface area contributed by atoms with Crippen molar-refractivity contribution in [2.45, 2.75) is 19.3 Å². The number of nitrogens with one attached hydrogen (secondary N) is 1. The fraction of sp³-hybridized carbons (Fsp3) is 0.207. The van der Waals surface area contributed by atoms with Gasteiger partial charge in [0.2, 0.25) is 0 Å². The molecule has 4 aromatic rings. The van der Waals surface area contributed by atoms with E-state index in [1.807, 2.05) is 42.5 Å². The van der Waals surface area contributed by atoms with Gasteiger partial charge in [-0.3, -0.25) is 4.79 Å². The highest BCUT2D eigenvalue weighted by Crippen LogP contribution is 2.36. The van der Waals surface area contributed by atoms with Gasteiger partial charge in [0.1, 0.15) is 17.3 Å². The van der Waals surface area contributed by atoms with Crippen molar-refractivity contribution in [1.29, 1.82) is 0 Å². The summed E-state index contributed by atoms with van der Waals surface area (Å²) in [7, 11) is 3.04. The van der Waals surface area contributed by atoms with E-state index in [4.69, 9.17) is 23.6 Å². The van der Waals surface area contributed by atoms with Crippen LogP contribution in [0.2, 0.25) is 0 Å². The van der Waals surface area contributed by atoms with Crippen molar-refractivity contribution < 1.29 is 28.2 Å². The van der Waals surface area contributed by atoms with Gasteiger partial charge in [0.05, 0.1) is 42.9 Å². The molecule has 5 rings (SSSR count). The molecule has 1 N–H and O–H groups in total. The minimum absolute atomic E-state index is 0.434. The van der Waals surface area contributed by atoms with Crippen molar-refractivity contribution in [3.8, 4) is 11.5 Å². The zero-order chi connectivity index (χ0) is 25.8. The highest BCUT2D eigenvalue weighted by molar-refractivity contribution is 6.07. The van der Waals surface area contributed by atoms with Gasteiger partial charge in [-0.15, -0.1) is 0 Å². The molecule has 1 aliphatic carbocycles. The molecule has 2 heterocycles. The molecule has 0 saturated carbocycles. The Bertz CT molecular complexity index is 1490. The molecule has 0 fully saturated rings. The molecule has 1 aliphatic rings. The Labute approximate surface area is 213 Å². The summed E-state index contributed by atoms with van der Waals surface area (Å²) in [6.45, 7) is -0.450. The van der Waals surface area contributed by atoms with Gasteiger partial charge in [-0.25, -0.2) is 9.78 Å². The SMILES string of the molecule is COc1ccc(NC(=O)COC(=O)c2c3c(nc4ccccc24)/C(=C\c2ccco2)CCC3)c(OC)c1. The topological polar surface area (TPSA) is 99.9 Å². The summed E-state index contributed by atoms with van der Waals surface area (Å²) < 4.78 is 21.5. The van der Waals surface area contributed by atoms with Crippen LogP contribution in [-0.4, -0.2) is 37.7 Å². The number of carbonyl (C=O) groups is 2. The first-order chi connectivity index (χ1) is 18.1. The van der Waals surface area contributed by atoms with E-state index in [1.54, 1.807) is 31.6 Å². The number of ether oxygens (including phenoxy) is 3. The normalized spacial score (nSPS) is 13.7. The third-order valence-corrected chi connectivity index (χ3v) is 6.25. The van der Waals surface area contributed by atoms with Crippen molar-refractivity contribution in [1.82, 2.24) is 4.98 Å². The zero-order valence-corrected chi connectivity index (χ0v) is 20.6. The summed E-state index contributed by atoms with van der Waals surface area (Å²) in [5, 5.41) is 3.42. The number of esters is 1. The second kappa shape index (κ2) is 10.6. The van der Waals surface area contributed by atoms with Crippen LogP contribution in [0.1, 0.15) is 40.2 Å². The number of hydrogen-bond donors (Lipinski definition) is 1. The van der Waals surface area contributed by atoms with Crippen LogP contribution >= 0.6 is 0 Å². The third kappa shape index (κ3) is 5.04. The van der Waals surface area contributed by atoms with E-state index in [0.717, 1.165) is 35.4 Å². The number of pyridine rings is 1. The largest absolute Gasteiger partial charge is 0.497 e. The Balaban J connectivity index is 1.42. The molecule has 2 aromatic heterocycles. The number of hydrogen-bond acceptors (Lipinski definition) is 7. The molecule has 8 heteroatoms. The quantitative estimate of drug-likeness (QED) is 0.335. The molecule has 2 aromatic carbocycles. The maximum Gasteiger partial charge on any atom is 0.339 e. The van der Waals surface area contributed by atoms with Crippen LogP contribution in [0.15, 0.2) is 65.3 Å². The number of nitrogens with zero attached hydrogens (tertiary/aromatic N) is 1. The van der Waals surface area contributed by atoms with Crippen LogP contribution in [0.25, 0.3) is 22.6 Å². The van der Waals surface area contributed by atoms with E-state index >= 15 is 0 Å². The van der Waals surface area contributed by atoms with Gasteiger partial charge in [0.15, 0.2) is 6.61 Å². The molecule has 0 radical (unpaired) electrons. The number of furan rings is 1. The van der Waals surface area contributed by atoms with E-state index < -0.39 is 18.5 Å². The second-order valence-electron chi connectivity index (χ2n) is 8.56. The summed E-state index contributed by atoms with van der Waals surface area (Å²) in [6.07, 6.45) is 5.95. The third-order valence-electron chi connectivity index (χ3n) is 6.25. The molecule has 0 bridgehead atoms. The van der Waals surface area contributed by atoms with E-state index in [9.17, 15) is 9.59 Å². The number of carbonyl (C=O) groups excluding carboxylic acids is 2. The molecule has 0 saturated heterocycles. The molecule has 1 amide bonds. The molecule has 0 aliphatic heterocycles. The van der Waals surface area contributed by atoms with Gasteiger partial charge >= 0.3 is 5.97 Å². The van der Waals surface area contributed by atoms with Crippen molar-refractivity contribution >= 4 is 40.1 Å². The standard InChI is InChI=1S/C29H26N2O6/c1-34-19-12-13-24(25(16-19)35-2)30-26(32)17-37-29(33)27-21-9-3-4-11-23(21)31-28-18(7-5-10-22(27)28)15-20-8-6-14-36-20/h3-4,6,8-9,11-16H,5,7,10,17H2,1-2H3,(H,30,32)/b18-15-. The maximum atomic E-state index is 13.4. The van der Waals surface area contributed by atoms with Crippen LogP contribution in [0.4, 0.5) is 5.69 Å². The molecule has 8 nitrogen and oxygen atoms in total. The average molecular weight is 499 g/mol. The summed E-state index contributed by atoms with van der Waals surface area (Å²) >= 11 is 0. The lowest BCUT2D eigenvalue weighted by molar-refractivity contribution is -0.119. The molecule has 0 atom stereocenters. The van der Waals surface area contributed by atoms with Gasteiger partial charge in [0, 0.05) is 11.5 Å². The minimum atomic E-state index is -0.564. The Morgan fingerprint density at radius 2 is 1.92 bits per heavy atom. The number of benzene rings is 2. The smallest absolute Gasteiger partial charge is 0.339 e. The Kier molecular flexibility index (Phi) is 6.89. The molecule has 188 valence electrons. The number of anilines is 1. The number of amides is 1. The predicted molar refractivity (Wildman–Crippen MR) is 140 cm³/mol. The van der Waals surface area contributed by atoms with E-state index in [-0.39, 0.29) is 0 Å². The van der Waals surface area contributed by atoms with Crippen LogP contribution in [0.5, 0.6) is 11.5 Å². The molecular weight excluding hydrogens is 472 g/mol. The average Bonchev–Trinajstić information content (AvgIpc) is 3.44. The summed E-state index contributed by atoms with van der Waals surface area (Å²) in [5.74, 6) is 0.709. The van der Waals surface area contributed by atoms with Crippen molar-refractivity contribution in [2.24, 2.45) is 0 Å². The van der Waals surface area contributed by atoms with Crippen LogP contribution in [0.3, 0.4) is 0 Å². The highest BCUT2D eigenvalue weighted by atomic mass is 16.5. The lowest BCUT2D eigenvalue weighted by atomic mass is 9.86. The van der Waals surface area contributed by atoms with Crippen molar-refractivity contribution in [3.05, 3.63) is 83.4 Å². The van der Waals surface area contributed by atoms with Gasteiger partial charge in [0.25, 0.3) is 5.91 Å². The highest BCUT2D eigenvalue weighted by Gasteiger charge is 2.26. The summed E-state index contributed by atoms with van der Waals surface area (Å²) in [5.41, 5.74) is 4.17. The summed E-state index contributed by atoms with van der Waals surface area (Å²) in [6, 6.07) is 16.2. The first-order valence-corrected chi connectivity index (χ1v) is 11.9. The molecular formula is C29H26N2O6. The molecule has 0 spiro atoms. The number of aromatic nitrogens is 1. The molecule has 0 unspecified atom stereocenters. The van der Waals surface area contributed by atoms with Crippen LogP contribution in [-0.2, 0) is 16.0 Å². The van der Waals surface area contributed by atoms with Crippen molar-refractivity contribution in [2.75, 3.05) is 26.1 Å². The van der Waals surface area contributed by atoms with Crippen LogP contribution in [0, 0.1) is 0 Å². The second-order valence-corrected chi connectivity index (χ2v) is 8.56. The zero-order valence-electron chi connectivity index (χ0n) is 20.6. The van der Waals surface area contributed by atoms with E-state index in [2.05, 4.69) is 5.32 Å². The first kappa shape index (κ1) is 24.1. The summed E-state index contributed by atoms with van der Waals surface area (Å²) in [4.78, 5) is 30.9. The van der Waals surface area contributed by atoms with E-state index in [0.29, 0.717) is 40.1 Å². The number of methoxy groups -OCH3 is 2. The Hall–Kier alpha value is -4.59. The monoisotopic (exact) mass is 498 g/mol. The number of para-hydroxylation sites is 1. The maximum absolute atomic E-state index is 13.4. The number of allylic oxidation sites excluding steroid dienone is 1. The van der Waals surface area contributed by atoms with Crippen molar-refractivity contribution in [3.63, 3.8) is 0 Å². The Morgan fingerprint density at radius 3 is 2.70 bits per heavy atom. The minimum Gasteiger partial charge on any atom is -0.497 e. The van der Waals surface area contributed by atoms with Crippen LogP contribution < -0.4 is 14.8 Å².